The van der Waals surface area contributed by atoms with Gasteiger partial charge in [-0.1, -0.05) is 30.3 Å². The molecule has 7 nitrogen and oxygen atoms in total. The zero-order chi connectivity index (χ0) is 20.6. The van der Waals surface area contributed by atoms with Gasteiger partial charge >= 0.3 is 0 Å². The van der Waals surface area contributed by atoms with Crippen LogP contribution in [0.25, 0.3) is 11.1 Å². The molecular formula is C23H27N5O2. The molecule has 7 heteroatoms. The molecule has 1 aliphatic rings. The summed E-state index contributed by atoms with van der Waals surface area (Å²) in [6.45, 7) is 5.48. The molecule has 4 rings (SSSR count). The Balaban J connectivity index is 1.44. The zero-order valence-electron chi connectivity index (χ0n) is 17.0. The Hall–Kier alpha value is -3.16. The van der Waals surface area contributed by atoms with Gasteiger partial charge in [-0.15, -0.1) is 0 Å². The SMILES string of the molecule is Nc1ncc(-c2cccc(Oc3ccccc3)c2)c(NCCCN2CCOCC2)n1. The average Bonchev–Trinajstić information content (AvgIpc) is 2.78. The molecule has 1 aromatic heterocycles. The summed E-state index contributed by atoms with van der Waals surface area (Å²) in [6, 6.07) is 17.6. The monoisotopic (exact) mass is 405 g/mol. The number of nitrogens with zero attached hydrogens (tertiary/aromatic N) is 3. The Labute approximate surface area is 176 Å². The van der Waals surface area contributed by atoms with Crippen LogP contribution in [0.15, 0.2) is 60.8 Å². The van der Waals surface area contributed by atoms with Crippen LogP contribution in [0.3, 0.4) is 0 Å². The second-order valence-electron chi connectivity index (χ2n) is 7.17. The number of ether oxygens (including phenoxy) is 2. The molecule has 1 saturated heterocycles. The van der Waals surface area contributed by atoms with E-state index in [9.17, 15) is 0 Å². The largest absolute Gasteiger partial charge is 0.457 e. The van der Waals surface area contributed by atoms with E-state index in [4.69, 9.17) is 15.2 Å². The summed E-state index contributed by atoms with van der Waals surface area (Å²) >= 11 is 0. The minimum atomic E-state index is 0.256. The van der Waals surface area contributed by atoms with Crippen LogP contribution in [0.2, 0.25) is 0 Å². The van der Waals surface area contributed by atoms with Crippen molar-refractivity contribution < 1.29 is 9.47 Å². The first-order valence-corrected chi connectivity index (χ1v) is 10.3. The lowest BCUT2D eigenvalue weighted by Crippen LogP contribution is -2.37. The van der Waals surface area contributed by atoms with Crippen LogP contribution in [0, 0.1) is 0 Å². The molecule has 0 unspecified atom stereocenters. The van der Waals surface area contributed by atoms with Crippen molar-refractivity contribution in [3.63, 3.8) is 0 Å². The number of benzene rings is 2. The fraction of sp³-hybridized carbons (Fsp3) is 0.304. The number of hydrogen-bond donors (Lipinski definition) is 2. The van der Waals surface area contributed by atoms with Gasteiger partial charge in [-0.25, -0.2) is 4.98 Å². The van der Waals surface area contributed by atoms with Crippen molar-refractivity contribution >= 4 is 11.8 Å². The molecule has 3 aromatic rings. The van der Waals surface area contributed by atoms with E-state index in [0.29, 0.717) is 0 Å². The van der Waals surface area contributed by atoms with Gasteiger partial charge in [0.1, 0.15) is 17.3 Å². The Kier molecular flexibility index (Phi) is 6.74. The lowest BCUT2D eigenvalue weighted by molar-refractivity contribution is 0.0378. The van der Waals surface area contributed by atoms with Crippen molar-refractivity contribution in [2.24, 2.45) is 0 Å². The minimum absolute atomic E-state index is 0.256. The average molecular weight is 406 g/mol. The standard InChI is InChI=1S/C23H27N5O2/c24-23-26-17-21(22(27-23)25-10-5-11-28-12-14-29-15-13-28)18-6-4-9-20(16-18)30-19-7-2-1-3-8-19/h1-4,6-9,16-17H,5,10-15H2,(H3,24,25,26,27). The molecule has 0 amide bonds. The Bertz CT molecular complexity index is 945. The normalized spacial score (nSPS) is 14.4. The second kappa shape index (κ2) is 10.0. The first-order chi connectivity index (χ1) is 14.8. The summed E-state index contributed by atoms with van der Waals surface area (Å²) < 4.78 is 11.4. The minimum Gasteiger partial charge on any atom is -0.457 e. The number of hydrogen-bond acceptors (Lipinski definition) is 7. The molecule has 0 saturated carbocycles. The number of nitrogens with two attached hydrogens (primary N) is 1. The van der Waals surface area contributed by atoms with Crippen molar-refractivity contribution in [2.45, 2.75) is 6.42 Å². The van der Waals surface area contributed by atoms with E-state index in [1.807, 2.05) is 54.6 Å². The van der Waals surface area contributed by atoms with Gasteiger partial charge in [0, 0.05) is 31.4 Å². The Morgan fingerprint density at radius 1 is 1.03 bits per heavy atom. The maximum absolute atomic E-state index is 5.97. The van der Waals surface area contributed by atoms with E-state index < -0.39 is 0 Å². The highest BCUT2D eigenvalue weighted by Crippen LogP contribution is 2.30. The van der Waals surface area contributed by atoms with Gasteiger partial charge in [0.2, 0.25) is 5.95 Å². The summed E-state index contributed by atoms with van der Waals surface area (Å²) in [5, 5.41) is 3.43. The molecular weight excluding hydrogens is 378 g/mol. The lowest BCUT2D eigenvalue weighted by Gasteiger charge is -2.26. The Morgan fingerprint density at radius 3 is 2.67 bits per heavy atom. The van der Waals surface area contributed by atoms with Gasteiger partial charge in [-0.3, -0.25) is 4.90 Å². The molecule has 1 aliphatic heterocycles. The number of para-hydroxylation sites is 1. The highest BCUT2D eigenvalue weighted by atomic mass is 16.5. The van der Waals surface area contributed by atoms with Crippen molar-refractivity contribution in [1.29, 1.82) is 0 Å². The van der Waals surface area contributed by atoms with Gasteiger partial charge in [0.05, 0.1) is 13.2 Å². The summed E-state index contributed by atoms with van der Waals surface area (Å²) in [7, 11) is 0. The second-order valence-corrected chi connectivity index (χ2v) is 7.17. The van der Waals surface area contributed by atoms with Crippen molar-refractivity contribution in [1.82, 2.24) is 14.9 Å². The van der Waals surface area contributed by atoms with Crippen LogP contribution in [0.1, 0.15) is 6.42 Å². The molecule has 2 aromatic carbocycles. The van der Waals surface area contributed by atoms with Gasteiger partial charge in [-0.2, -0.15) is 4.98 Å². The number of nitrogen functional groups attached to an aromatic ring is 1. The molecule has 0 aliphatic carbocycles. The third-order valence-corrected chi connectivity index (χ3v) is 4.98. The Morgan fingerprint density at radius 2 is 1.83 bits per heavy atom. The number of rotatable bonds is 8. The van der Waals surface area contributed by atoms with Crippen LogP contribution < -0.4 is 15.8 Å². The first-order valence-electron chi connectivity index (χ1n) is 10.3. The fourth-order valence-electron chi connectivity index (χ4n) is 3.43. The lowest BCUT2D eigenvalue weighted by atomic mass is 10.1. The number of nitrogens with one attached hydrogen (secondary N) is 1. The van der Waals surface area contributed by atoms with E-state index in [0.717, 1.165) is 74.3 Å². The van der Waals surface area contributed by atoms with E-state index >= 15 is 0 Å². The molecule has 156 valence electrons. The number of anilines is 2. The van der Waals surface area contributed by atoms with Crippen LogP contribution in [0.4, 0.5) is 11.8 Å². The van der Waals surface area contributed by atoms with E-state index in [1.165, 1.54) is 0 Å². The zero-order valence-corrected chi connectivity index (χ0v) is 17.0. The molecule has 3 N–H and O–H groups in total. The molecule has 0 radical (unpaired) electrons. The van der Waals surface area contributed by atoms with Crippen molar-refractivity contribution in [3.05, 3.63) is 60.8 Å². The maximum atomic E-state index is 5.97. The van der Waals surface area contributed by atoms with Crippen LogP contribution in [0.5, 0.6) is 11.5 Å². The number of morpholine rings is 1. The van der Waals surface area contributed by atoms with Gasteiger partial charge in [0.25, 0.3) is 0 Å². The highest BCUT2D eigenvalue weighted by molar-refractivity contribution is 5.76. The van der Waals surface area contributed by atoms with Gasteiger partial charge in [0.15, 0.2) is 0 Å². The summed E-state index contributed by atoms with van der Waals surface area (Å²) in [5.74, 6) is 2.55. The van der Waals surface area contributed by atoms with E-state index in [2.05, 4.69) is 20.2 Å². The summed E-state index contributed by atoms with van der Waals surface area (Å²) in [4.78, 5) is 11.0. The smallest absolute Gasteiger partial charge is 0.221 e. The van der Waals surface area contributed by atoms with Gasteiger partial charge < -0.3 is 20.5 Å². The summed E-state index contributed by atoms with van der Waals surface area (Å²) in [6.07, 6.45) is 2.77. The molecule has 1 fully saturated rings. The van der Waals surface area contributed by atoms with Crippen LogP contribution >= 0.6 is 0 Å². The summed E-state index contributed by atoms with van der Waals surface area (Å²) in [5.41, 5.74) is 7.72. The maximum Gasteiger partial charge on any atom is 0.221 e. The van der Waals surface area contributed by atoms with E-state index in [1.54, 1.807) is 6.20 Å². The molecule has 0 atom stereocenters. The first kappa shape index (κ1) is 20.1. The topological polar surface area (TPSA) is 85.5 Å². The van der Waals surface area contributed by atoms with Gasteiger partial charge in [-0.05, 0) is 42.8 Å². The van der Waals surface area contributed by atoms with Crippen LogP contribution in [-0.2, 0) is 4.74 Å². The predicted molar refractivity (Wildman–Crippen MR) is 119 cm³/mol. The third-order valence-electron chi connectivity index (χ3n) is 4.98. The molecule has 0 spiro atoms. The van der Waals surface area contributed by atoms with Crippen molar-refractivity contribution in [3.8, 4) is 22.6 Å². The quantitative estimate of drug-likeness (QED) is 0.553. The van der Waals surface area contributed by atoms with Crippen LogP contribution in [-0.4, -0.2) is 54.3 Å². The predicted octanol–water partition coefficient (Wildman–Crippen LogP) is 3.65. The molecule has 30 heavy (non-hydrogen) atoms. The number of aromatic nitrogens is 2. The highest BCUT2D eigenvalue weighted by Gasteiger charge is 2.12. The molecule has 2 heterocycles. The van der Waals surface area contributed by atoms with E-state index in [-0.39, 0.29) is 5.95 Å². The van der Waals surface area contributed by atoms with Crippen molar-refractivity contribution in [2.75, 3.05) is 50.4 Å². The molecule has 0 bridgehead atoms. The fourth-order valence-corrected chi connectivity index (χ4v) is 3.43. The third kappa shape index (κ3) is 5.46.